The molecule has 0 aliphatic carbocycles. The Labute approximate surface area is 177 Å². The van der Waals surface area contributed by atoms with Crippen molar-refractivity contribution in [1.29, 1.82) is 0 Å². The molecule has 0 spiro atoms. The SMILES string of the molecule is CN(C)C(=O)CNC(=NCc1ccccc1)N(C)Cc1cnn(-c2ccccc2)c1. The number of guanidine groups is 1. The van der Waals surface area contributed by atoms with Gasteiger partial charge in [-0.3, -0.25) is 4.79 Å². The third-order valence-electron chi connectivity index (χ3n) is 4.59. The molecule has 0 saturated heterocycles. The molecule has 1 aromatic heterocycles. The summed E-state index contributed by atoms with van der Waals surface area (Å²) in [7, 11) is 5.44. The van der Waals surface area contributed by atoms with E-state index in [2.05, 4.69) is 10.4 Å². The number of nitrogens with zero attached hydrogens (tertiary/aromatic N) is 5. The number of nitrogens with one attached hydrogen (secondary N) is 1. The largest absolute Gasteiger partial charge is 0.347 e. The normalized spacial score (nSPS) is 11.2. The van der Waals surface area contributed by atoms with Crippen LogP contribution in [0, 0.1) is 0 Å². The summed E-state index contributed by atoms with van der Waals surface area (Å²) in [6.07, 6.45) is 3.86. The van der Waals surface area contributed by atoms with Crippen molar-refractivity contribution in [2.24, 2.45) is 4.99 Å². The van der Waals surface area contributed by atoms with Crippen LogP contribution in [-0.4, -0.2) is 59.1 Å². The predicted molar refractivity (Wildman–Crippen MR) is 119 cm³/mol. The first-order chi connectivity index (χ1) is 14.5. The molecule has 1 heterocycles. The Morgan fingerprint density at radius 3 is 2.33 bits per heavy atom. The van der Waals surface area contributed by atoms with Gasteiger partial charge in [0.2, 0.25) is 5.91 Å². The molecule has 0 saturated carbocycles. The minimum Gasteiger partial charge on any atom is -0.347 e. The van der Waals surface area contributed by atoms with E-state index in [1.807, 2.05) is 89.7 Å². The van der Waals surface area contributed by atoms with E-state index in [0.717, 1.165) is 16.8 Å². The Morgan fingerprint density at radius 1 is 1.00 bits per heavy atom. The zero-order valence-corrected chi connectivity index (χ0v) is 17.7. The van der Waals surface area contributed by atoms with Crippen LogP contribution in [0.1, 0.15) is 11.1 Å². The number of rotatable bonds is 7. The van der Waals surface area contributed by atoms with Crippen molar-refractivity contribution in [1.82, 2.24) is 24.9 Å². The number of hydrogen-bond donors (Lipinski definition) is 1. The molecular formula is C23H28N6O. The lowest BCUT2D eigenvalue weighted by Crippen LogP contribution is -2.43. The molecule has 156 valence electrons. The third-order valence-corrected chi connectivity index (χ3v) is 4.59. The number of carbonyl (C=O) groups is 1. The standard InChI is InChI=1S/C23H28N6O/c1-27(2)22(30)16-25-23(24-14-19-10-6-4-7-11-19)28(3)17-20-15-26-29(18-20)21-12-8-5-9-13-21/h4-13,15,18H,14,16-17H2,1-3H3,(H,24,25). The number of amides is 1. The van der Waals surface area contributed by atoms with Crippen molar-refractivity contribution in [3.05, 3.63) is 84.2 Å². The van der Waals surface area contributed by atoms with Gasteiger partial charge in [-0.25, -0.2) is 9.67 Å². The van der Waals surface area contributed by atoms with Gasteiger partial charge in [-0.15, -0.1) is 0 Å². The van der Waals surface area contributed by atoms with Crippen LogP contribution in [0.2, 0.25) is 0 Å². The maximum absolute atomic E-state index is 12.0. The average molecular weight is 405 g/mol. The summed E-state index contributed by atoms with van der Waals surface area (Å²) in [6, 6.07) is 20.0. The van der Waals surface area contributed by atoms with Gasteiger partial charge in [-0.2, -0.15) is 5.10 Å². The van der Waals surface area contributed by atoms with Crippen LogP contribution >= 0.6 is 0 Å². The molecule has 0 unspecified atom stereocenters. The summed E-state index contributed by atoms with van der Waals surface area (Å²) in [5.41, 5.74) is 3.18. The zero-order chi connectivity index (χ0) is 21.3. The molecule has 7 heteroatoms. The topological polar surface area (TPSA) is 65.8 Å². The van der Waals surface area contributed by atoms with Crippen molar-refractivity contribution in [2.75, 3.05) is 27.7 Å². The van der Waals surface area contributed by atoms with Crippen LogP contribution in [0.4, 0.5) is 0 Å². The first-order valence-electron chi connectivity index (χ1n) is 9.85. The summed E-state index contributed by atoms with van der Waals surface area (Å²) in [6.45, 7) is 1.34. The predicted octanol–water partition coefficient (Wildman–Crippen LogP) is 2.54. The second kappa shape index (κ2) is 10.2. The summed E-state index contributed by atoms with van der Waals surface area (Å²) in [4.78, 5) is 20.3. The van der Waals surface area contributed by atoms with Crippen LogP contribution in [0.3, 0.4) is 0 Å². The fourth-order valence-corrected chi connectivity index (χ4v) is 2.89. The van der Waals surface area contributed by atoms with Gasteiger partial charge in [0.15, 0.2) is 5.96 Å². The maximum Gasteiger partial charge on any atom is 0.241 e. The first-order valence-corrected chi connectivity index (χ1v) is 9.85. The lowest BCUT2D eigenvalue weighted by molar-refractivity contribution is -0.127. The van der Waals surface area contributed by atoms with Gasteiger partial charge < -0.3 is 15.1 Å². The first kappa shape index (κ1) is 21.1. The fraction of sp³-hybridized carbons (Fsp3) is 0.261. The molecule has 3 aromatic rings. The average Bonchev–Trinajstić information content (AvgIpc) is 3.23. The minimum atomic E-state index is -0.00675. The summed E-state index contributed by atoms with van der Waals surface area (Å²) < 4.78 is 1.85. The highest BCUT2D eigenvalue weighted by molar-refractivity contribution is 5.86. The van der Waals surface area contributed by atoms with E-state index in [4.69, 9.17) is 4.99 Å². The minimum absolute atomic E-state index is 0.00675. The summed E-state index contributed by atoms with van der Waals surface area (Å²) in [5.74, 6) is 0.661. The van der Waals surface area contributed by atoms with E-state index in [1.165, 1.54) is 0 Å². The molecular weight excluding hydrogens is 376 g/mol. The number of benzene rings is 2. The van der Waals surface area contributed by atoms with Gasteiger partial charge in [0.05, 0.1) is 25.0 Å². The number of likely N-dealkylation sites (N-methyl/N-ethyl adjacent to an activating group) is 1. The molecule has 2 aromatic carbocycles. The van der Waals surface area contributed by atoms with Gasteiger partial charge >= 0.3 is 0 Å². The van der Waals surface area contributed by atoms with Crippen LogP contribution < -0.4 is 5.32 Å². The third kappa shape index (κ3) is 5.94. The molecule has 7 nitrogen and oxygen atoms in total. The molecule has 0 bridgehead atoms. The highest BCUT2D eigenvalue weighted by Gasteiger charge is 2.12. The molecule has 1 amide bonds. The second-order valence-electron chi connectivity index (χ2n) is 7.25. The Bertz CT molecular complexity index is 966. The van der Waals surface area contributed by atoms with Crippen LogP contribution in [0.25, 0.3) is 5.69 Å². The van der Waals surface area contributed by atoms with Gasteiger partial charge in [0.25, 0.3) is 0 Å². The zero-order valence-electron chi connectivity index (χ0n) is 17.7. The molecule has 0 aliphatic rings. The Morgan fingerprint density at radius 2 is 1.67 bits per heavy atom. The lowest BCUT2D eigenvalue weighted by atomic mass is 10.2. The molecule has 3 rings (SSSR count). The molecule has 30 heavy (non-hydrogen) atoms. The number of hydrogen-bond acceptors (Lipinski definition) is 3. The Hall–Kier alpha value is -3.61. The van der Waals surface area contributed by atoms with Crippen molar-refractivity contribution in [2.45, 2.75) is 13.1 Å². The molecule has 0 radical (unpaired) electrons. The lowest BCUT2D eigenvalue weighted by Gasteiger charge is -2.22. The van der Waals surface area contributed by atoms with E-state index in [-0.39, 0.29) is 12.5 Å². The van der Waals surface area contributed by atoms with Crippen LogP contribution in [-0.2, 0) is 17.9 Å². The highest BCUT2D eigenvalue weighted by atomic mass is 16.2. The van der Waals surface area contributed by atoms with Crippen LogP contribution in [0.15, 0.2) is 78.0 Å². The smallest absolute Gasteiger partial charge is 0.241 e. The van der Waals surface area contributed by atoms with E-state index in [9.17, 15) is 4.79 Å². The molecule has 0 atom stereocenters. The van der Waals surface area contributed by atoms with E-state index in [0.29, 0.717) is 19.0 Å². The molecule has 0 aliphatic heterocycles. The quantitative estimate of drug-likeness (QED) is 0.486. The number of para-hydroxylation sites is 1. The summed E-state index contributed by atoms with van der Waals surface area (Å²) >= 11 is 0. The monoisotopic (exact) mass is 404 g/mol. The van der Waals surface area contributed by atoms with Crippen molar-refractivity contribution in [3.63, 3.8) is 0 Å². The number of carbonyl (C=O) groups excluding carboxylic acids is 1. The van der Waals surface area contributed by atoms with E-state index in [1.54, 1.807) is 19.0 Å². The van der Waals surface area contributed by atoms with Crippen molar-refractivity contribution >= 4 is 11.9 Å². The number of aliphatic imine (C=N–C) groups is 1. The fourth-order valence-electron chi connectivity index (χ4n) is 2.89. The van der Waals surface area contributed by atoms with Gasteiger partial charge in [0.1, 0.15) is 0 Å². The van der Waals surface area contributed by atoms with Gasteiger partial charge in [-0.05, 0) is 17.7 Å². The Kier molecular flexibility index (Phi) is 7.21. The van der Waals surface area contributed by atoms with E-state index >= 15 is 0 Å². The van der Waals surface area contributed by atoms with E-state index < -0.39 is 0 Å². The molecule has 1 N–H and O–H groups in total. The molecule has 0 fully saturated rings. The second-order valence-corrected chi connectivity index (χ2v) is 7.25. The maximum atomic E-state index is 12.0. The van der Waals surface area contributed by atoms with Gasteiger partial charge in [0, 0.05) is 39.4 Å². The number of aromatic nitrogens is 2. The van der Waals surface area contributed by atoms with Crippen molar-refractivity contribution < 1.29 is 4.79 Å². The van der Waals surface area contributed by atoms with Crippen LogP contribution in [0.5, 0.6) is 0 Å². The van der Waals surface area contributed by atoms with Crippen molar-refractivity contribution in [3.8, 4) is 5.69 Å². The van der Waals surface area contributed by atoms with Gasteiger partial charge in [-0.1, -0.05) is 48.5 Å². The Balaban J connectivity index is 1.71. The highest BCUT2D eigenvalue weighted by Crippen LogP contribution is 2.10. The summed E-state index contributed by atoms with van der Waals surface area (Å²) in [5, 5.41) is 7.65.